The van der Waals surface area contributed by atoms with Crippen LogP contribution >= 0.6 is 0 Å². The molecular formula is C20H28O3. The Hall–Kier alpha value is -1.90. The summed E-state index contributed by atoms with van der Waals surface area (Å²) < 4.78 is 4.94. The van der Waals surface area contributed by atoms with Crippen molar-refractivity contribution in [3.8, 4) is 0 Å². The molecule has 3 nitrogen and oxygen atoms in total. The van der Waals surface area contributed by atoms with Crippen LogP contribution in [0.4, 0.5) is 0 Å². The van der Waals surface area contributed by atoms with E-state index in [0.717, 1.165) is 6.42 Å². The fourth-order valence-electron chi connectivity index (χ4n) is 2.39. The summed E-state index contributed by atoms with van der Waals surface area (Å²) in [5, 5.41) is 0. The zero-order valence-electron chi connectivity index (χ0n) is 15.1. The van der Waals surface area contributed by atoms with Crippen molar-refractivity contribution in [3.05, 3.63) is 47.0 Å². The summed E-state index contributed by atoms with van der Waals surface area (Å²) in [5.74, 6) is -0.702. The largest absolute Gasteiger partial charge is 0.462 e. The van der Waals surface area contributed by atoms with Gasteiger partial charge in [-0.15, -0.1) is 0 Å². The van der Waals surface area contributed by atoms with Crippen molar-refractivity contribution >= 4 is 11.8 Å². The van der Waals surface area contributed by atoms with Crippen molar-refractivity contribution in [2.24, 2.45) is 5.92 Å². The smallest absolute Gasteiger partial charge is 0.341 e. The first-order chi connectivity index (χ1) is 10.6. The van der Waals surface area contributed by atoms with E-state index in [2.05, 4.69) is 45.0 Å². The maximum atomic E-state index is 11.8. The molecule has 0 N–H and O–H groups in total. The van der Waals surface area contributed by atoms with Crippen molar-refractivity contribution in [1.29, 1.82) is 0 Å². The number of benzene rings is 1. The third-order valence-electron chi connectivity index (χ3n) is 3.70. The lowest BCUT2D eigenvalue weighted by molar-refractivity contribution is -0.139. The molecule has 1 aromatic carbocycles. The molecule has 3 heteroatoms. The highest BCUT2D eigenvalue weighted by Crippen LogP contribution is 2.23. The molecule has 0 radical (unpaired) electrons. The maximum absolute atomic E-state index is 11.8. The molecule has 0 aliphatic carbocycles. The molecule has 0 aromatic heterocycles. The van der Waals surface area contributed by atoms with Gasteiger partial charge in [0, 0.05) is 0 Å². The van der Waals surface area contributed by atoms with Gasteiger partial charge in [0.15, 0.2) is 5.78 Å². The highest BCUT2D eigenvalue weighted by molar-refractivity contribution is 6.16. The van der Waals surface area contributed by atoms with Gasteiger partial charge in [-0.1, -0.05) is 58.0 Å². The fourth-order valence-corrected chi connectivity index (χ4v) is 2.39. The molecule has 0 aliphatic rings. The molecule has 0 fully saturated rings. The number of ketones is 1. The Morgan fingerprint density at radius 3 is 2.17 bits per heavy atom. The molecule has 23 heavy (non-hydrogen) atoms. The Balaban J connectivity index is 2.85. The van der Waals surface area contributed by atoms with E-state index < -0.39 is 5.97 Å². The molecule has 0 saturated carbocycles. The molecule has 126 valence electrons. The van der Waals surface area contributed by atoms with Crippen LogP contribution in [0.25, 0.3) is 0 Å². The molecule has 0 bridgehead atoms. The summed E-state index contributed by atoms with van der Waals surface area (Å²) in [6.45, 7) is 12.0. The minimum absolute atomic E-state index is 0.0822. The summed E-state index contributed by atoms with van der Waals surface area (Å²) in [7, 11) is 0. The normalized spacial score (nSPS) is 13.6. The van der Waals surface area contributed by atoms with E-state index >= 15 is 0 Å². The molecule has 1 unspecified atom stereocenters. The number of rotatable bonds is 6. The third-order valence-corrected chi connectivity index (χ3v) is 3.70. The summed E-state index contributed by atoms with van der Waals surface area (Å²) in [6.07, 6.45) is 2.50. The lowest BCUT2D eigenvalue weighted by Gasteiger charge is -2.19. The molecule has 1 rings (SSSR count). The van der Waals surface area contributed by atoms with Crippen molar-refractivity contribution < 1.29 is 14.3 Å². The predicted octanol–water partition coefficient (Wildman–Crippen LogP) is 4.24. The highest BCUT2D eigenvalue weighted by Gasteiger charge is 2.17. The zero-order valence-corrected chi connectivity index (χ0v) is 15.1. The van der Waals surface area contributed by atoms with E-state index in [1.165, 1.54) is 18.1 Å². The Bertz CT molecular complexity index is 574. The molecule has 0 saturated heterocycles. The number of esters is 1. The maximum Gasteiger partial charge on any atom is 0.341 e. The summed E-state index contributed by atoms with van der Waals surface area (Å²) >= 11 is 0. The summed E-state index contributed by atoms with van der Waals surface area (Å²) in [4.78, 5) is 23.5. The van der Waals surface area contributed by atoms with Crippen molar-refractivity contribution in [3.63, 3.8) is 0 Å². The third kappa shape index (κ3) is 6.01. The van der Waals surface area contributed by atoms with Crippen LogP contribution < -0.4 is 0 Å². The second-order valence-electron chi connectivity index (χ2n) is 6.99. The van der Waals surface area contributed by atoms with Crippen LogP contribution in [0, 0.1) is 5.92 Å². The number of carbonyl (C=O) groups excluding carboxylic acids is 2. The van der Waals surface area contributed by atoms with Crippen molar-refractivity contribution in [1.82, 2.24) is 0 Å². The molecule has 0 spiro atoms. The number of ether oxygens (including phenoxy) is 1. The molecule has 1 atom stereocenters. The Labute approximate surface area is 139 Å². The predicted molar refractivity (Wildman–Crippen MR) is 93.4 cm³/mol. The van der Waals surface area contributed by atoms with Crippen LogP contribution in [0.2, 0.25) is 0 Å². The zero-order chi connectivity index (χ0) is 17.6. The van der Waals surface area contributed by atoms with Gasteiger partial charge in [0.05, 0.1) is 12.2 Å². The van der Waals surface area contributed by atoms with E-state index in [4.69, 9.17) is 4.74 Å². The van der Waals surface area contributed by atoms with Gasteiger partial charge < -0.3 is 4.74 Å². The topological polar surface area (TPSA) is 43.4 Å². The number of allylic oxidation sites excluding steroid dienone is 1. The second-order valence-corrected chi connectivity index (χ2v) is 6.99. The average Bonchev–Trinajstić information content (AvgIpc) is 2.44. The van der Waals surface area contributed by atoms with E-state index in [-0.39, 0.29) is 29.3 Å². The Morgan fingerprint density at radius 1 is 1.17 bits per heavy atom. The standard InChI is InChI=1S/C20H28O3/c1-7-23-19(22)18(15(3)21)13-14(2)12-16-8-10-17(11-9-16)20(4,5)6/h8-11,13-14H,7,12H2,1-6H3/b18-13+. The van der Waals surface area contributed by atoms with Gasteiger partial charge in [-0.3, -0.25) is 4.79 Å². The number of Topliss-reactive ketones (excluding diaryl/α,β-unsaturated/α-hetero) is 1. The van der Waals surface area contributed by atoms with Crippen LogP contribution in [0.5, 0.6) is 0 Å². The van der Waals surface area contributed by atoms with Gasteiger partial charge in [-0.25, -0.2) is 4.79 Å². The number of hydrogen-bond donors (Lipinski definition) is 0. The lowest BCUT2D eigenvalue weighted by atomic mass is 9.86. The van der Waals surface area contributed by atoms with Gasteiger partial charge >= 0.3 is 5.97 Å². The van der Waals surface area contributed by atoms with Gasteiger partial charge in [-0.05, 0) is 42.7 Å². The first kappa shape index (κ1) is 19.1. The van der Waals surface area contributed by atoms with Crippen LogP contribution in [0.1, 0.15) is 52.7 Å². The Kier molecular flexibility index (Phi) is 6.74. The van der Waals surface area contributed by atoms with Crippen LogP contribution in [-0.2, 0) is 26.2 Å². The van der Waals surface area contributed by atoms with Gasteiger partial charge in [-0.2, -0.15) is 0 Å². The SMILES string of the molecule is CCOC(=O)/C(=C/C(C)Cc1ccc(C(C)(C)C)cc1)C(C)=O. The molecule has 0 heterocycles. The number of hydrogen-bond acceptors (Lipinski definition) is 3. The summed E-state index contributed by atoms with van der Waals surface area (Å²) in [6, 6.07) is 8.51. The van der Waals surface area contributed by atoms with Gasteiger partial charge in [0.25, 0.3) is 0 Å². The Morgan fingerprint density at radius 2 is 1.74 bits per heavy atom. The monoisotopic (exact) mass is 316 g/mol. The molecule has 1 aromatic rings. The first-order valence-corrected chi connectivity index (χ1v) is 8.14. The van der Waals surface area contributed by atoms with E-state index in [0.29, 0.717) is 0 Å². The first-order valence-electron chi connectivity index (χ1n) is 8.14. The van der Waals surface area contributed by atoms with E-state index in [9.17, 15) is 9.59 Å². The minimum atomic E-state index is -0.532. The van der Waals surface area contributed by atoms with Crippen LogP contribution in [0.3, 0.4) is 0 Å². The van der Waals surface area contributed by atoms with Crippen molar-refractivity contribution in [2.45, 2.75) is 53.4 Å². The quantitative estimate of drug-likeness (QED) is 0.341. The number of carbonyl (C=O) groups is 2. The molecule has 0 amide bonds. The second kappa shape index (κ2) is 8.09. The molecule has 0 aliphatic heterocycles. The highest BCUT2D eigenvalue weighted by atomic mass is 16.5. The minimum Gasteiger partial charge on any atom is -0.462 e. The van der Waals surface area contributed by atoms with E-state index in [1.807, 2.05) is 6.92 Å². The van der Waals surface area contributed by atoms with Gasteiger partial charge in [0.2, 0.25) is 0 Å². The van der Waals surface area contributed by atoms with Crippen LogP contribution in [0.15, 0.2) is 35.9 Å². The van der Waals surface area contributed by atoms with E-state index in [1.54, 1.807) is 13.0 Å². The van der Waals surface area contributed by atoms with Gasteiger partial charge in [0.1, 0.15) is 0 Å². The van der Waals surface area contributed by atoms with Crippen LogP contribution in [-0.4, -0.2) is 18.4 Å². The molecular weight excluding hydrogens is 288 g/mol. The lowest BCUT2D eigenvalue weighted by Crippen LogP contribution is -2.15. The van der Waals surface area contributed by atoms with Crippen molar-refractivity contribution in [2.75, 3.05) is 6.61 Å². The summed E-state index contributed by atoms with van der Waals surface area (Å²) in [5.41, 5.74) is 2.76. The fraction of sp³-hybridized carbons (Fsp3) is 0.500. The average molecular weight is 316 g/mol.